The van der Waals surface area contributed by atoms with E-state index in [4.69, 9.17) is 0 Å². The first-order valence-electron chi connectivity index (χ1n) is 7.95. The lowest BCUT2D eigenvalue weighted by Gasteiger charge is -2.13. The highest BCUT2D eigenvalue weighted by Gasteiger charge is 1.98. The molecule has 0 fully saturated rings. The fourth-order valence-electron chi connectivity index (χ4n) is 1.99. The van der Waals surface area contributed by atoms with Crippen LogP contribution >= 0.6 is 24.0 Å². The van der Waals surface area contributed by atoms with E-state index >= 15 is 0 Å². The molecule has 2 N–H and O–H groups in total. The molecule has 1 aromatic carbocycles. The summed E-state index contributed by atoms with van der Waals surface area (Å²) >= 11 is 0. The van der Waals surface area contributed by atoms with Crippen LogP contribution in [0.3, 0.4) is 0 Å². The predicted molar refractivity (Wildman–Crippen MR) is 109 cm³/mol. The Kier molecular flexibility index (Phi) is 12.0. The van der Waals surface area contributed by atoms with E-state index in [-0.39, 0.29) is 24.0 Å². The van der Waals surface area contributed by atoms with Crippen LogP contribution in [0.5, 0.6) is 0 Å². The molecule has 0 unspecified atom stereocenters. The second-order valence-corrected chi connectivity index (χ2v) is 5.39. The number of halogens is 1. The highest BCUT2D eigenvalue weighted by molar-refractivity contribution is 14.0. The van der Waals surface area contributed by atoms with E-state index in [0.717, 1.165) is 19.0 Å². The maximum Gasteiger partial charge on any atom is 0.191 e. The van der Waals surface area contributed by atoms with Gasteiger partial charge in [-0.1, -0.05) is 31.9 Å². The van der Waals surface area contributed by atoms with Crippen molar-refractivity contribution in [3.05, 3.63) is 29.8 Å². The maximum atomic E-state index is 4.64. The minimum atomic E-state index is 0. The average Bonchev–Trinajstić information content (AvgIpc) is 2.49. The summed E-state index contributed by atoms with van der Waals surface area (Å²) in [6.45, 7) is 6.89. The largest absolute Gasteiger partial charge is 0.378 e. The molecule has 5 heteroatoms. The van der Waals surface area contributed by atoms with Crippen molar-refractivity contribution in [3.63, 3.8) is 0 Å². The van der Waals surface area contributed by atoms with Crippen molar-refractivity contribution in [3.8, 4) is 0 Å². The van der Waals surface area contributed by atoms with Crippen molar-refractivity contribution in [1.29, 1.82) is 0 Å². The zero-order valence-electron chi connectivity index (χ0n) is 14.4. The number of nitrogens with one attached hydrogen (secondary N) is 2. The molecule has 1 rings (SSSR count). The molecule has 0 spiro atoms. The first-order chi connectivity index (χ1) is 10.2. The zero-order chi connectivity index (χ0) is 15.5. The monoisotopic (exact) mass is 418 g/mol. The molecule has 126 valence electrons. The van der Waals surface area contributed by atoms with E-state index in [1.807, 2.05) is 0 Å². The van der Waals surface area contributed by atoms with Gasteiger partial charge in [0.05, 0.1) is 6.54 Å². The number of guanidine groups is 1. The molecule has 0 heterocycles. The quantitative estimate of drug-likeness (QED) is 0.293. The van der Waals surface area contributed by atoms with Crippen LogP contribution in [0.1, 0.15) is 38.7 Å². The maximum absolute atomic E-state index is 4.64. The first kappa shape index (κ1) is 21.0. The summed E-state index contributed by atoms with van der Waals surface area (Å²) in [7, 11) is 4.10. The molecule has 0 aromatic heterocycles. The van der Waals surface area contributed by atoms with Crippen LogP contribution in [0.25, 0.3) is 0 Å². The molecule has 0 saturated carbocycles. The molecule has 0 aliphatic carbocycles. The normalized spacial score (nSPS) is 10.8. The van der Waals surface area contributed by atoms with Gasteiger partial charge in [-0.05, 0) is 31.0 Å². The lowest BCUT2D eigenvalue weighted by Crippen LogP contribution is -2.37. The molecule has 0 aliphatic rings. The number of unbranched alkanes of at least 4 members (excludes halogenated alkanes) is 2. The van der Waals surface area contributed by atoms with Gasteiger partial charge in [-0.15, -0.1) is 24.0 Å². The highest BCUT2D eigenvalue weighted by atomic mass is 127. The number of hydrogen-bond donors (Lipinski definition) is 2. The van der Waals surface area contributed by atoms with Gasteiger partial charge in [-0.25, -0.2) is 4.99 Å². The molecule has 0 atom stereocenters. The molecule has 0 saturated heterocycles. The summed E-state index contributed by atoms with van der Waals surface area (Å²) in [5.74, 6) is 0.908. The number of nitrogens with zero attached hydrogens (tertiary/aromatic N) is 2. The molecule has 22 heavy (non-hydrogen) atoms. The van der Waals surface area contributed by atoms with Crippen molar-refractivity contribution in [2.45, 2.75) is 39.7 Å². The minimum Gasteiger partial charge on any atom is -0.378 e. The lowest BCUT2D eigenvalue weighted by molar-refractivity contribution is 0.683. The summed E-state index contributed by atoms with van der Waals surface area (Å²) in [5.41, 5.74) is 2.44. The van der Waals surface area contributed by atoms with Gasteiger partial charge in [-0.2, -0.15) is 0 Å². The van der Waals surface area contributed by atoms with Crippen molar-refractivity contribution in [1.82, 2.24) is 10.6 Å². The third kappa shape index (κ3) is 8.46. The fourth-order valence-corrected chi connectivity index (χ4v) is 1.99. The molecule has 0 amide bonds. The Hall–Kier alpha value is -0.980. The third-order valence-electron chi connectivity index (χ3n) is 3.29. The van der Waals surface area contributed by atoms with Crippen molar-refractivity contribution >= 4 is 35.6 Å². The lowest BCUT2D eigenvalue weighted by atomic mass is 10.2. The summed E-state index contributed by atoms with van der Waals surface area (Å²) < 4.78 is 0. The van der Waals surface area contributed by atoms with Gasteiger partial charge in [-0.3, -0.25) is 0 Å². The second-order valence-electron chi connectivity index (χ2n) is 5.39. The summed E-state index contributed by atoms with van der Waals surface area (Å²) in [5, 5.41) is 6.68. The Morgan fingerprint density at radius 3 is 2.27 bits per heavy atom. The van der Waals surface area contributed by atoms with Gasteiger partial charge >= 0.3 is 0 Å². The molecule has 0 aliphatic heterocycles. The van der Waals surface area contributed by atoms with Gasteiger partial charge in [0.25, 0.3) is 0 Å². The number of aliphatic imine (C=N–C) groups is 1. The van der Waals surface area contributed by atoms with Crippen LogP contribution in [-0.2, 0) is 6.54 Å². The number of benzene rings is 1. The van der Waals surface area contributed by atoms with Gasteiger partial charge < -0.3 is 15.5 Å². The van der Waals surface area contributed by atoms with E-state index in [0.29, 0.717) is 6.54 Å². The van der Waals surface area contributed by atoms with Crippen molar-refractivity contribution < 1.29 is 0 Å². The molecular formula is C17H31IN4. The Morgan fingerprint density at radius 1 is 1.05 bits per heavy atom. The molecular weight excluding hydrogens is 387 g/mol. The second kappa shape index (κ2) is 12.6. The van der Waals surface area contributed by atoms with E-state index in [9.17, 15) is 0 Å². The van der Waals surface area contributed by atoms with Gasteiger partial charge in [0.1, 0.15) is 0 Å². The van der Waals surface area contributed by atoms with Crippen LogP contribution in [0, 0.1) is 0 Å². The average molecular weight is 418 g/mol. The Labute approximate surface area is 152 Å². The highest BCUT2D eigenvalue weighted by Crippen LogP contribution is 2.12. The number of rotatable bonds is 8. The SMILES string of the molecule is CCCCCNC(=NCc1ccc(N(C)C)cc1)NCC.I. The van der Waals surface area contributed by atoms with Crippen LogP contribution in [0.4, 0.5) is 5.69 Å². The molecule has 0 bridgehead atoms. The predicted octanol–water partition coefficient (Wildman–Crippen LogP) is 3.62. The molecule has 4 nitrogen and oxygen atoms in total. The zero-order valence-corrected chi connectivity index (χ0v) is 16.7. The smallest absolute Gasteiger partial charge is 0.191 e. The van der Waals surface area contributed by atoms with Crippen LogP contribution in [0.2, 0.25) is 0 Å². The topological polar surface area (TPSA) is 39.7 Å². The van der Waals surface area contributed by atoms with E-state index in [1.54, 1.807) is 0 Å². The Balaban J connectivity index is 0.00000441. The van der Waals surface area contributed by atoms with E-state index in [2.05, 4.69) is 72.7 Å². The van der Waals surface area contributed by atoms with E-state index < -0.39 is 0 Å². The fraction of sp³-hybridized carbons (Fsp3) is 0.588. The first-order valence-corrected chi connectivity index (χ1v) is 7.95. The molecule has 1 aromatic rings. The standard InChI is InChI=1S/C17H30N4.HI/c1-5-7-8-13-19-17(18-6-2)20-14-15-9-11-16(12-10-15)21(3)4;/h9-12H,5-8,13-14H2,1-4H3,(H2,18,19,20);1H. The van der Waals surface area contributed by atoms with E-state index in [1.165, 1.54) is 30.5 Å². The summed E-state index contributed by atoms with van der Waals surface area (Å²) in [6.07, 6.45) is 3.70. The van der Waals surface area contributed by atoms with Gasteiger partial charge in [0.2, 0.25) is 0 Å². The van der Waals surface area contributed by atoms with Gasteiger partial charge in [0, 0.05) is 32.9 Å². The van der Waals surface area contributed by atoms with Gasteiger partial charge in [0.15, 0.2) is 5.96 Å². The van der Waals surface area contributed by atoms with Crippen molar-refractivity contribution in [2.75, 3.05) is 32.1 Å². The van der Waals surface area contributed by atoms with Crippen LogP contribution in [-0.4, -0.2) is 33.1 Å². The van der Waals surface area contributed by atoms with Crippen molar-refractivity contribution in [2.24, 2.45) is 4.99 Å². The number of hydrogen-bond acceptors (Lipinski definition) is 2. The Bertz CT molecular complexity index is 415. The summed E-state index contributed by atoms with van der Waals surface area (Å²) in [4.78, 5) is 6.74. The number of anilines is 1. The van der Waals surface area contributed by atoms with Crippen LogP contribution < -0.4 is 15.5 Å². The molecule has 0 radical (unpaired) electrons. The minimum absolute atomic E-state index is 0. The summed E-state index contributed by atoms with van der Waals surface area (Å²) in [6, 6.07) is 8.54. The Morgan fingerprint density at radius 2 is 1.73 bits per heavy atom. The third-order valence-corrected chi connectivity index (χ3v) is 3.29. The van der Waals surface area contributed by atoms with Crippen LogP contribution in [0.15, 0.2) is 29.3 Å².